The lowest BCUT2D eigenvalue weighted by Crippen LogP contribution is -2.15. The molecule has 0 radical (unpaired) electrons. The van der Waals surface area contributed by atoms with Gasteiger partial charge in [-0.3, -0.25) is 19.4 Å². The van der Waals surface area contributed by atoms with Crippen molar-refractivity contribution in [2.24, 2.45) is 21.1 Å². The molecular formula is C28H25N7O5. The smallest absolute Gasteiger partial charge is 0.352 e. The Labute approximate surface area is 227 Å². The fourth-order valence-electron chi connectivity index (χ4n) is 4.36. The number of aryl methyl sites for hydroxylation is 3. The van der Waals surface area contributed by atoms with Crippen LogP contribution in [0.3, 0.4) is 0 Å². The molecule has 4 N–H and O–H groups in total. The molecule has 0 aliphatic carbocycles. The number of aromatic carboxylic acids is 1. The monoisotopic (exact) mass is 539 g/mol. The number of nitrogens with one attached hydrogen (secondary N) is 3. The van der Waals surface area contributed by atoms with E-state index in [1.807, 2.05) is 24.3 Å². The van der Waals surface area contributed by atoms with Crippen molar-refractivity contribution in [3.63, 3.8) is 0 Å². The number of aromatic nitrogens is 4. The normalized spacial score (nSPS) is 10.9. The zero-order valence-corrected chi connectivity index (χ0v) is 21.8. The fraction of sp³-hybridized carbons (Fsp3) is 0.107. The summed E-state index contributed by atoms with van der Waals surface area (Å²) >= 11 is 0. The van der Waals surface area contributed by atoms with E-state index >= 15 is 0 Å². The molecule has 202 valence electrons. The SMILES string of the molecule is Cn1cc(NC(=O)c2cc(NC(=O)c3cc(NC(=O)c4cc5ccccc5cn4)cn3C)cn2C)cc1C(=O)O. The molecule has 4 heterocycles. The average molecular weight is 540 g/mol. The average Bonchev–Trinajstić information content (AvgIpc) is 3.59. The zero-order chi connectivity index (χ0) is 28.6. The summed E-state index contributed by atoms with van der Waals surface area (Å²) < 4.78 is 4.51. The summed E-state index contributed by atoms with van der Waals surface area (Å²) in [5, 5.41) is 19.2. The van der Waals surface area contributed by atoms with Crippen molar-refractivity contribution in [2.45, 2.75) is 0 Å². The van der Waals surface area contributed by atoms with E-state index in [4.69, 9.17) is 0 Å². The first-order chi connectivity index (χ1) is 19.1. The molecule has 0 aliphatic rings. The number of fused-ring (bicyclic) bond motifs is 1. The fourth-order valence-corrected chi connectivity index (χ4v) is 4.36. The summed E-state index contributed by atoms with van der Waals surface area (Å²) in [6.07, 6.45) is 6.32. The minimum Gasteiger partial charge on any atom is -0.477 e. The Hall–Kier alpha value is -5.65. The maximum Gasteiger partial charge on any atom is 0.352 e. The van der Waals surface area contributed by atoms with Crippen LogP contribution in [0, 0.1) is 0 Å². The van der Waals surface area contributed by atoms with Crippen LogP contribution < -0.4 is 16.0 Å². The Morgan fingerprint density at radius 2 is 1.10 bits per heavy atom. The van der Waals surface area contributed by atoms with E-state index in [0.29, 0.717) is 17.1 Å². The first-order valence-corrected chi connectivity index (χ1v) is 12.1. The predicted molar refractivity (Wildman–Crippen MR) is 149 cm³/mol. The first kappa shape index (κ1) is 26.0. The molecule has 0 aliphatic heterocycles. The molecule has 0 unspecified atom stereocenters. The maximum atomic E-state index is 13.0. The van der Waals surface area contributed by atoms with Gasteiger partial charge < -0.3 is 34.8 Å². The van der Waals surface area contributed by atoms with Crippen LogP contribution in [0.5, 0.6) is 0 Å². The third-order valence-corrected chi connectivity index (χ3v) is 6.34. The molecule has 0 saturated carbocycles. The Balaban J connectivity index is 1.26. The van der Waals surface area contributed by atoms with Gasteiger partial charge in [0, 0.05) is 51.3 Å². The van der Waals surface area contributed by atoms with Crippen molar-refractivity contribution < 1.29 is 24.3 Å². The molecule has 12 heteroatoms. The number of carboxylic acid groups (broad SMARTS) is 1. The molecule has 12 nitrogen and oxygen atoms in total. The quantitative estimate of drug-likeness (QED) is 0.247. The number of carbonyl (C=O) groups excluding carboxylic acids is 3. The third kappa shape index (κ3) is 5.18. The highest BCUT2D eigenvalue weighted by molar-refractivity contribution is 6.08. The summed E-state index contributed by atoms with van der Waals surface area (Å²) in [5.41, 5.74) is 1.93. The minimum atomic E-state index is -1.11. The van der Waals surface area contributed by atoms with E-state index in [0.717, 1.165) is 10.8 Å². The first-order valence-electron chi connectivity index (χ1n) is 12.1. The van der Waals surface area contributed by atoms with Gasteiger partial charge in [0.2, 0.25) is 0 Å². The van der Waals surface area contributed by atoms with Crippen LogP contribution in [0.2, 0.25) is 0 Å². The predicted octanol–water partition coefficient (Wildman–Crippen LogP) is 3.71. The second-order valence-corrected chi connectivity index (χ2v) is 9.26. The molecule has 5 rings (SSSR count). The van der Waals surface area contributed by atoms with Crippen LogP contribution in [0.4, 0.5) is 17.1 Å². The summed E-state index contributed by atoms with van der Waals surface area (Å²) in [7, 11) is 4.89. The van der Waals surface area contributed by atoms with Gasteiger partial charge in [0.15, 0.2) is 0 Å². The van der Waals surface area contributed by atoms with Crippen LogP contribution in [-0.4, -0.2) is 47.5 Å². The summed E-state index contributed by atoms with van der Waals surface area (Å²) in [4.78, 5) is 54.1. The van der Waals surface area contributed by atoms with Crippen LogP contribution in [-0.2, 0) is 21.1 Å². The Morgan fingerprint density at radius 1 is 0.650 bits per heavy atom. The van der Waals surface area contributed by atoms with Gasteiger partial charge in [-0.05, 0) is 29.7 Å². The Morgan fingerprint density at radius 3 is 1.60 bits per heavy atom. The van der Waals surface area contributed by atoms with Crippen molar-refractivity contribution in [2.75, 3.05) is 16.0 Å². The second-order valence-electron chi connectivity index (χ2n) is 9.26. The van der Waals surface area contributed by atoms with Gasteiger partial charge in [-0.1, -0.05) is 24.3 Å². The molecule has 3 amide bonds. The van der Waals surface area contributed by atoms with Gasteiger partial charge in [-0.2, -0.15) is 0 Å². The van der Waals surface area contributed by atoms with Crippen molar-refractivity contribution in [1.82, 2.24) is 18.7 Å². The van der Waals surface area contributed by atoms with Gasteiger partial charge in [0.05, 0.1) is 17.1 Å². The molecule has 0 spiro atoms. The standard InChI is InChI=1S/C28H25N7O5/c1-33-13-18(30-25(36)21-8-16-6-4-5-7-17(16)12-29-21)9-22(33)26(37)31-19-10-23(34(2)14-19)27(38)32-20-11-24(28(39)40)35(3)15-20/h4-15H,1-3H3,(H,30,36)(H,31,37)(H,32,38)(H,39,40). The number of amides is 3. The molecule has 4 aromatic heterocycles. The zero-order valence-electron chi connectivity index (χ0n) is 21.8. The van der Waals surface area contributed by atoms with E-state index < -0.39 is 23.7 Å². The van der Waals surface area contributed by atoms with Crippen molar-refractivity contribution in [3.8, 4) is 0 Å². The highest BCUT2D eigenvalue weighted by Gasteiger charge is 2.19. The molecule has 0 fully saturated rings. The number of nitrogens with zero attached hydrogens (tertiary/aromatic N) is 4. The lowest BCUT2D eigenvalue weighted by atomic mass is 10.1. The number of anilines is 3. The number of benzene rings is 1. The molecule has 0 saturated heterocycles. The van der Waals surface area contributed by atoms with Crippen LogP contribution in [0.1, 0.15) is 42.0 Å². The Bertz CT molecular complexity index is 1810. The topological polar surface area (TPSA) is 152 Å². The lowest BCUT2D eigenvalue weighted by molar-refractivity contribution is 0.0685. The number of carbonyl (C=O) groups is 4. The van der Waals surface area contributed by atoms with E-state index in [-0.39, 0.29) is 22.8 Å². The van der Waals surface area contributed by atoms with E-state index in [2.05, 4.69) is 20.9 Å². The van der Waals surface area contributed by atoms with Crippen molar-refractivity contribution in [3.05, 3.63) is 96.1 Å². The van der Waals surface area contributed by atoms with Crippen LogP contribution in [0.25, 0.3) is 10.8 Å². The maximum absolute atomic E-state index is 13.0. The van der Waals surface area contributed by atoms with Gasteiger partial charge in [0.25, 0.3) is 17.7 Å². The van der Waals surface area contributed by atoms with E-state index in [1.54, 1.807) is 61.0 Å². The minimum absolute atomic E-state index is 0.0294. The van der Waals surface area contributed by atoms with Gasteiger partial charge in [0.1, 0.15) is 22.8 Å². The Kier molecular flexibility index (Phi) is 6.66. The molecule has 40 heavy (non-hydrogen) atoms. The number of carboxylic acids is 1. The van der Waals surface area contributed by atoms with Crippen LogP contribution in [0.15, 0.2) is 73.3 Å². The van der Waals surface area contributed by atoms with Crippen molar-refractivity contribution >= 4 is 51.5 Å². The summed E-state index contributed by atoms with van der Waals surface area (Å²) in [5.74, 6) is -2.44. The highest BCUT2D eigenvalue weighted by Crippen LogP contribution is 2.20. The molecule has 0 bridgehead atoms. The van der Waals surface area contributed by atoms with E-state index in [9.17, 15) is 24.3 Å². The van der Waals surface area contributed by atoms with Crippen molar-refractivity contribution in [1.29, 1.82) is 0 Å². The molecule has 1 aromatic carbocycles. The number of hydrogen-bond acceptors (Lipinski definition) is 5. The van der Waals surface area contributed by atoms with Gasteiger partial charge in [-0.25, -0.2) is 4.79 Å². The van der Waals surface area contributed by atoms with Crippen LogP contribution >= 0.6 is 0 Å². The number of rotatable bonds is 7. The van der Waals surface area contributed by atoms with E-state index in [1.165, 1.54) is 22.9 Å². The summed E-state index contributed by atoms with van der Waals surface area (Å²) in [6.45, 7) is 0. The molecule has 0 atom stereocenters. The van der Waals surface area contributed by atoms with Gasteiger partial charge in [-0.15, -0.1) is 0 Å². The molecular weight excluding hydrogens is 514 g/mol. The highest BCUT2D eigenvalue weighted by atomic mass is 16.4. The largest absolute Gasteiger partial charge is 0.477 e. The molecule has 5 aromatic rings. The lowest BCUT2D eigenvalue weighted by Gasteiger charge is -2.03. The third-order valence-electron chi connectivity index (χ3n) is 6.34. The van der Waals surface area contributed by atoms with Gasteiger partial charge >= 0.3 is 5.97 Å². The second kappa shape index (κ2) is 10.3. The number of pyridine rings is 1. The number of hydrogen-bond donors (Lipinski definition) is 4. The summed E-state index contributed by atoms with van der Waals surface area (Å²) in [6, 6.07) is 13.7.